The van der Waals surface area contributed by atoms with Gasteiger partial charge >= 0.3 is 6.18 Å². The van der Waals surface area contributed by atoms with Gasteiger partial charge in [0.1, 0.15) is 30.1 Å². The number of hydrogen-bond donors (Lipinski definition) is 1. The zero-order valence-corrected chi connectivity index (χ0v) is 20.4. The first-order chi connectivity index (χ1) is 18.3. The quantitative estimate of drug-likeness (QED) is 0.186. The molecule has 200 valence electrons. The normalized spacial score (nSPS) is 11.9. The van der Waals surface area contributed by atoms with E-state index in [0.29, 0.717) is 23.9 Å². The van der Waals surface area contributed by atoms with E-state index in [1.807, 2.05) is 30.5 Å². The minimum Gasteiger partial charge on any atom is -0.487 e. The lowest BCUT2D eigenvalue weighted by atomic mass is 10.1. The van der Waals surface area contributed by atoms with Crippen molar-refractivity contribution < 1.29 is 31.8 Å². The highest BCUT2D eigenvalue weighted by molar-refractivity contribution is 5.66. The highest BCUT2D eigenvalue weighted by atomic mass is 19.4. The Hall–Kier alpha value is -3.99. The molecule has 2 aromatic heterocycles. The largest absolute Gasteiger partial charge is 0.487 e. The molecule has 0 amide bonds. The summed E-state index contributed by atoms with van der Waals surface area (Å²) in [5, 5.41) is 17.0. The number of nitrogens with zero attached hydrogens (tertiary/aromatic N) is 4. The minimum absolute atomic E-state index is 0.0142. The highest BCUT2D eigenvalue weighted by Crippen LogP contribution is 2.30. The number of oxazole rings is 1. The van der Waals surface area contributed by atoms with E-state index in [9.17, 15) is 17.6 Å². The van der Waals surface area contributed by atoms with Crippen molar-refractivity contribution >= 4 is 12.2 Å². The molecule has 0 bridgehead atoms. The number of hydrogen-bond acceptors (Lipinski definition) is 6. The van der Waals surface area contributed by atoms with Crippen molar-refractivity contribution in [3.05, 3.63) is 94.7 Å². The van der Waals surface area contributed by atoms with Crippen molar-refractivity contribution in [2.75, 3.05) is 6.61 Å². The molecule has 2 aromatic carbocycles. The number of aliphatic hydroxyl groups is 1. The van der Waals surface area contributed by atoms with Gasteiger partial charge in [-0.15, -0.1) is 5.10 Å². The van der Waals surface area contributed by atoms with Gasteiger partial charge in [-0.2, -0.15) is 13.2 Å². The van der Waals surface area contributed by atoms with Crippen molar-refractivity contribution in [1.82, 2.24) is 20.0 Å². The van der Waals surface area contributed by atoms with E-state index in [2.05, 4.69) is 15.3 Å². The fraction of sp³-hybridized carbons (Fsp3) is 0.296. The van der Waals surface area contributed by atoms with E-state index in [-0.39, 0.29) is 24.7 Å². The molecule has 7 nitrogen and oxygen atoms in total. The summed E-state index contributed by atoms with van der Waals surface area (Å²) in [6, 6.07) is 10.1. The van der Waals surface area contributed by atoms with Crippen LogP contribution in [0.1, 0.15) is 46.8 Å². The molecule has 1 N–H and O–H groups in total. The van der Waals surface area contributed by atoms with Crippen molar-refractivity contribution in [3.8, 4) is 5.75 Å². The standard InChI is InChI=1S/C27H26F4N4O3/c28-25-15-21(27(29,30)31)8-6-20(25)7-11-26-32-23(18-38-26)17-37-24-9-4-19(5-10-24)3-1-2-13-35-16-22(12-14-36)33-34-35/h4-11,15-16,18,36H,1-3,12-14,17H2/b11-7+. The summed E-state index contributed by atoms with van der Waals surface area (Å²) in [5.41, 5.74) is 1.42. The molecule has 0 atom stereocenters. The van der Waals surface area contributed by atoms with Gasteiger partial charge in [0.05, 0.1) is 11.3 Å². The first-order valence-corrected chi connectivity index (χ1v) is 12.0. The van der Waals surface area contributed by atoms with Crippen LogP contribution in [0.3, 0.4) is 0 Å². The molecule has 4 aromatic rings. The zero-order chi connectivity index (χ0) is 27.0. The van der Waals surface area contributed by atoms with Crippen LogP contribution in [-0.2, 0) is 32.2 Å². The lowest BCUT2D eigenvalue weighted by Crippen LogP contribution is -2.05. The van der Waals surface area contributed by atoms with Crippen molar-refractivity contribution in [3.63, 3.8) is 0 Å². The molecule has 0 fully saturated rings. The Morgan fingerprint density at radius 3 is 2.55 bits per heavy atom. The topological polar surface area (TPSA) is 86.2 Å². The van der Waals surface area contributed by atoms with Gasteiger partial charge < -0.3 is 14.3 Å². The number of aryl methyl sites for hydroxylation is 2. The summed E-state index contributed by atoms with van der Waals surface area (Å²) in [6.45, 7) is 0.988. The van der Waals surface area contributed by atoms with Gasteiger partial charge in [-0.1, -0.05) is 23.4 Å². The molecule has 0 saturated heterocycles. The van der Waals surface area contributed by atoms with E-state index in [1.54, 1.807) is 4.68 Å². The predicted octanol–water partition coefficient (Wildman–Crippen LogP) is 5.73. The second-order valence-corrected chi connectivity index (χ2v) is 8.58. The van der Waals surface area contributed by atoms with E-state index in [4.69, 9.17) is 14.3 Å². The Bertz CT molecular complexity index is 1350. The maximum Gasteiger partial charge on any atom is 0.416 e. The third-order valence-corrected chi connectivity index (χ3v) is 5.67. The molecular weight excluding hydrogens is 504 g/mol. The lowest BCUT2D eigenvalue weighted by molar-refractivity contribution is -0.137. The Balaban J connectivity index is 1.21. The number of rotatable bonds is 12. The molecule has 4 rings (SSSR count). The van der Waals surface area contributed by atoms with E-state index < -0.39 is 17.6 Å². The van der Waals surface area contributed by atoms with Crippen LogP contribution in [0.4, 0.5) is 17.6 Å². The number of benzene rings is 2. The van der Waals surface area contributed by atoms with E-state index >= 15 is 0 Å². The van der Waals surface area contributed by atoms with E-state index in [1.165, 1.54) is 24.0 Å². The molecule has 38 heavy (non-hydrogen) atoms. The molecule has 0 aliphatic heterocycles. The smallest absolute Gasteiger partial charge is 0.416 e. The third-order valence-electron chi connectivity index (χ3n) is 5.67. The predicted molar refractivity (Wildman–Crippen MR) is 131 cm³/mol. The van der Waals surface area contributed by atoms with Crippen LogP contribution in [0.25, 0.3) is 12.2 Å². The van der Waals surface area contributed by atoms with Crippen LogP contribution < -0.4 is 4.74 Å². The zero-order valence-electron chi connectivity index (χ0n) is 20.4. The highest BCUT2D eigenvalue weighted by Gasteiger charge is 2.31. The number of ether oxygens (including phenoxy) is 1. The van der Waals surface area contributed by atoms with Crippen LogP contribution in [-0.4, -0.2) is 31.7 Å². The molecule has 0 radical (unpaired) electrons. The second kappa shape index (κ2) is 12.5. The molecule has 0 unspecified atom stereocenters. The molecule has 0 aliphatic rings. The molecule has 2 heterocycles. The molecule has 0 spiro atoms. The maximum atomic E-state index is 14.0. The Morgan fingerprint density at radius 2 is 1.82 bits per heavy atom. The van der Waals surface area contributed by atoms with Crippen molar-refractivity contribution in [1.29, 1.82) is 0 Å². The summed E-state index contributed by atoms with van der Waals surface area (Å²) in [7, 11) is 0. The summed E-state index contributed by atoms with van der Waals surface area (Å²) in [4.78, 5) is 4.23. The molecule has 11 heteroatoms. The maximum absolute atomic E-state index is 14.0. The molecule has 0 saturated carbocycles. The number of aliphatic hydroxyl groups excluding tert-OH is 1. The van der Waals surface area contributed by atoms with Crippen LogP contribution in [0.15, 0.2) is 59.3 Å². The first-order valence-electron chi connectivity index (χ1n) is 12.0. The minimum atomic E-state index is -4.60. The second-order valence-electron chi connectivity index (χ2n) is 8.58. The van der Waals surface area contributed by atoms with Gasteiger partial charge in [-0.3, -0.25) is 4.68 Å². The average molecular weight is 531 g/mol. The van der Waals surface area contributed by atoms with Crippen LogP contribution in [0, 0.1) is 5.82 Å². The number of aromatic nitrogens is 4. The summed E-state index contributed by atoms with van der Waals surface area (Å²) in [6.07, 6.45) is 4.69. The van der Waals surface area contributed by atoms with Gasteiger partial charge in [0.15, 0.2) is 0 Å². The lowest BCUT2D eigenvalue weighted by Gasteiger charge is -2.07. The Labute approximate surface area is 216 Å². The Morgan fingerprint density at radius 1 is 1.00 bits per heavy atom. The Kier molecular flexibility index (Phi) is 8.90. The molecule has 0 aliphatic carbocycles. The average Bonchev–Trinajstić information content (AvgIpc) is 3.54. The first kappa shape index (κ1) is 27.1. The number of alkyl halides is 3. The van der Waals surface area contributed by atoms with Crippen LogP contribution in [0.2, 0.25) is 0 Å². The summed E-state index contributed by atoms with van der Waals surface area (Å²) in [5.74, 6) is -0.147. The van der Waals surface area contributed by atoms with Gasteiger partial charge in [0, 0.05) is 37.4 Å². The van der Waals surface area contributed by atoms with E-state index in [0.717, 1.165) is 43.6 Å². The van der Waals surface area contributed by atoms with Gasteiger partial charge in [-0.05, 0) is 55.2 Å². The van der Waals surface area contributed by atoms with Crippen molar-refractivity contribution in [2.45, 2.75) is 45.0 Å². The number of unbranched alkanes of at least 4 members (excludes halogenated alkanes) is 1. The SMILES string of the molecule is OCCc1cn(CCCCc2ccc(OCc3coc(/C=C/c4ccc(C(F)(F)F)cc4F)n3)cc2)nn1. The fourth-order valence-electron chi connectivity index (χ4n) is 3.65. The fourth-order valence-corrected chi connectivity index (χ4v) is 3.65. The van der Waals surface area contributed by atoms with Gasteiger partial charge in [0.2, 0.25) is 5.89 Å². The third kappa shape index (κ3) is 7.75. The number of halogens is 4. The summed E-state index contributed by atoms with van der Waals surface area (Å²) >= 11 is 0. The van der Waals surface area contributed by atoms with Crippen LogP contribution in [0.5, 0.6) is 5.75 Å². The summed E-state index contributed by atoms with van der Waals surface area (Å²) < 4.78 is 64.8. The van der Waals surface area contributed by atoms with Gasteiger partial charge in [-0.25, -0.2) is 9.37 Å². The van der Waals surface area contributed by atoms with Crippen molar-refractivity contribution in [2.24, 2.45) is 0 Å². The van der Waals surface area contributed by atoms with Crippen LogP contribution >= 0.6 is 0 Å². The molecular formula is C27H26F4N4O3. The monoisotopic (exact) mass is 530 g/mol. The van der Waals surface area contributed by atoms with Gasteiger partial charge in [0.25, 0.3) is 0 Å².